The van der Waals surface area contributed by atoms with Crippen LogP contribution in [-0.4, -0.2) is 28.8 Å². The van der Waals surface area contributed by atoms with Crippen molar-refractivity contribution < 1.29 is 9.47 Å². The van der Waals surface area contributed by atoms with E-state index in [0.717, 1.165) is 45.1 Å². The second-order valence-corrected chi connectivity index (χ2v) is 7.54. The Labute approximate surface area is 186 Å². The van der Waals surface area contributed by atoms with Crippen molar-refractivity contribution >= 4 is 11.2 Å². The molecule has 0 N–H and O–H groups in total. The maximum atomic E-state index is 5.45. The van der Waals surface area contributed by atoms with Crippen LogP contribution < -0.4 is 9.47 Å². The molecule has 0 spiro atoms. The van der Waals surface area contributed by atoms with Crippen LogP contribution >= 0.6 is 0 Å². The molecule has 0 aliphatic carbocycles. The largest absolute Gasteiger partial charge is 0.497 e. The summed E-state index contributed by atoms with van der Waals surface area (Å²) in [5, 5.41) is 0. The Hall–Kier alpha value is -4.12. The fraction of sp³-hybridized carbons (Fsp3) is 0.111. The molecule has 0 saturated carbocycles. The Morgan fingerprint density at radius 2 is 1.44 bits per heavy atom. The molecule has 0 radical (unpaired) electrons. The van der Waals surface area contributed by atoms with E-state index in [9.17, 15) is 0 Å². The molecular weight excluding hydrogens is 398 g/mol. The van der Waals surface area contributed by atoms with Gasteiger partial charge < -0.3 is 14.0 Å². The van der Waals surface area contributed by atoms with E-state index in [0.29, 0.717) is 12.2 Å². The minimum atomic E-state index is 0.639. The second kappa shape index (κ2) is 8.55. The number of pyridine rings is 1. The third-order valence-corrected chi connectivity index (χ3v) is 5.52. The Morgan fingerprint density at radius 1 is 0.719 bits per heavy atom. The first-order chi connectivity index (χ1) is 15.7. The van der Waals surface area contributed by atoms with Crippen LogP contribution in [0.15, 0.2) is 91.1 Å². The topological polar surface area (TPSA) is 49.2 Å². The molecular formula is C27H23N3O2. The first-order valence-corrected chi connectivity index (χ1v) is 10.4. The molecule has 5 aromatic rings. The average molecular weight is 422 g/mol. The monoisotopic (exact) mass is 421 g/mol. The van der Waals surface area contributed by atoms with Crippen molar-refractivity contribution in [3.05, 3.63) is 96.7 Å². The van der Waals surface area contributed by atoms with Gasteiger partial charge in [0.25, 0.3) is 0 Å². The molecule has 158 valence electrons. The molecule has 0 bridgehead atoms. The molecule has 0 saturated heterocycles. The lowest BCUT2D eigenvalue weighted by molar-refractivity contribution is 0.414. The molecule has 32 heavy (non-hydrogen) atoms. The summed E-state index contributed by atoms with van der Waals surface area (Å²) in [6.07, 6.45) is 1.88. The number of ether oxygens (including phenoxy) is 2. The first kappa shape index (κ1) is 19.8. The third kappa shape index (κ3) is 3.81. The number of fused-ring (bicyclic) bond motifs is 1. The molecule has 5 heteroatoms. The molecule has 0 amide bonds. The zero-order valence-corrected chi connectivity index (χ0v) is 18.0. The van der Waals surface area contributed by atoms with Gasteiger partial charge in [-0.1, -0.05) is 54.6 Å². The van der Waals surface area contributed by atoms with Crippen molar-refractivity contribution in [3.63, 3.8) is 0 Å². The highest BCUT2D eigenvalue weighted by atomic mass is 16.5. The van der Waals surface area contributed by atoms with Crippen LogP contribution in [0, 0.1) is 0 Å². The van der Waals surface area contributed by atoms with Crippen molar-refractivity contribution in [3.8, 4) is 34.0 Å². The Kier molecular flexibility index (Phi) is 5.30. The normalized spacial score (nSPS) is 10.9. The highest BCUT2D eigenvalue weighted by Crippen LogP contribution is 2.30. The average Bonchev–Trinajstić information content (AvgIpc) is 3.22. The summed E-state index contributed by atoms with van der Waals surface area (Å²) in [5.41, 5.74) is 5.97. The van der Waals surface area contributed by atoms with Crippen molar-refractivity contribution in [2.24, 2.45) is 0 Å². The molecule has 0 atom stereocenters. The summed E-state index contributed by atoms with van der Waals surface area (Å²) >= 11 is 0. The fourth-order valence-electron chi connectivity index (χ4n) is 3.89. The molecule has 0 unspecified atom stereocenters. The minimum absolute atomic E-state index is 0.639. The van der Waals surface area contributed by atoms with E-state index in [-0.39, 0.29) is 0 Å². The quantitative estimate of drug-likeness (QED) is 0.346. The van der Waals surface area contributed by atoms with E-state index in [4.69, 9.17) is 19.4 Å². The maximum Gasteiger partial charge on any atom is 0.178 e. The smallest absolute Gasteiger partial charge is 0.178 e. The third-order valence-electron chi connectivity index (χ3n) is 5.52. The van der Waals surface area contributed by atoms with Crippen LogP contribution in [-0.2, 0) is 6.54 Å². The van der Waals surface area contributed by atoms with Crippen molar-refractivity contribution in [2.75, 3.05) is 14.2 Å². The number of nitrogens with zero attached hydrogens (tertiary/aromatic N) is 3. The highest BCUT2D eigenvalue weighted by molar-refractivity contribution is 5.82. The van der Waals surface area contributed by atoms with Gasteiger partial charge in [-0.15, -0.1) is 0 Å². The van der Waals surface area contributed by atoms with Crippen molar-refractivity contribution in [2.45, 2.75) is 6.54 Å². The van der Waals surface area contributed by atoms with E-state index in [1.165, 1.54) is 0 Å². The number of benzene rings is 3. The molecule has 5 rings (SSSR count). The lowest BCUT2D eigenvalue weighted by atomic mass is 10.1. The number of methoxy groups -OCH3 is 2. The number of imidazole rings is 1. The standard InChI is InChI=1S/C27H23N3O2/c1-31-23-12-6-8-19(14-23)18-30-25-16-22(20-9-4-3-5-10-20)17-28-26(25)29-27(30)21-11-7-13-24(15-21)32-2/h3-17H,18H2,1-2H3. The van der Waals surface area contributed by atoms with Gasteiger partial charge in [0.1, 0.15) is 17.3 Å². The van der Waals surface area contributed by atoms with E-state index < -0.39 is 0 Å². The van der Waals surface area contributed by atoms with Crippen LogP contribution in [0.2, 0.25) is 0 Å². The van der Waals surface area contributed by atoms with Gasteiger partial charge in [0, 0.05) is 23.9 Å². The van der Waals surface area contributed by atoms with Crippen LogP contribution in [0.3, 0.4) is 0 Å². The number of aromatic nitrogens is 3. The van der Waals surface area contributed by atoms with Gasteiger partial charge in [-0.3, -0.25) is 0 Å². The molecule has 5 nitrogen and oxygen atoms in total. The van der Waals surface area contributed by atoms with Gasteiger partial charge in [0.15, 0.2) is 5.65 Å². The minimum Gasteiger partial charge on any atom is -0.497 e. The van der Waals surface area contributed by atoms with E-state index in [1.807, 2.05) is 60.8 Å². The van der Waals surface area contributed by atoms with Crippen LogP contribution in [0.5, 0.6) is 11.5 Å². The van der Waals surface area contributed by atoms with E-state index in [2.05, 4.69) is 34.9 Å². The van der Waals surface area contributed by atoms with Gasteiger partial charge >= 0.3 is 0 Å². The zero-order valence-electron chi connectivity index (χ0n) is 18.0. The van der Waals surface area contributed by atoms with Crippen molar-refractivity contribution in [1.82, 2.24) is 14.5 Å². The summed E-state index contributed by atoms with van der Waals surface area (Å²) in [4.78, 5) is 9.59. The Morgan fingerprint density at radius 3 is 2.22 bits per heavy atom. The van der Waals surface area contributed by atoms with E-state index in [1.54, 1.807) is 14.2 Å². The predicted molar refractivity (Wildman–Crippen MR) is 127 cm³/mol. The maximum absolute atomic E-state index is 5.45. The van der Waals surface area contributed by atoms with E-state index >= 15 is 0 Å². The Bertz CT molecular complexity index is 1380. The fourth-order valence-corrected chi connectivity index (χ4v) is 3.89. The predicted octanol–water partition coefficient (Wildman–Crippen LogP) is 5.83. The Balaban J connectivity index is 1.70. The summed E-state index contributed by atoms with van der Waals surface area (Å²) in [6, 6.07) is 28.5. The lowest BCUT2D eigenvalue weighted by Crippen LogP contribution is -2.03. The summed E-state index contributed by atoms with van der Waals surface area (Å²) in [7, 11) is 3.36. The zero-order chi connectivity index (χ0) is 21.9. The van der Waals surface area contributed by atoms with Crippen LogP contribution in [0.1, 0.15) is 5.56 Å². The summed E-state index contributed by atoms with van der Waals surface area (Å²) in [5.74, 6) is 2.47. The summed E-state index contributed by atoms with van der Waals surface area (Å²) in [6.45, 7) is 0.639. The van der Waals surface area contributed by atoms with Gasteiger partial charge in [-0.05, 0) is 41.5 Å². The van der Waals surface area contributed by atoms with Gasteiger partial charge in [0.2, 0.25) is 0 Å². The van der Waals surface area contributed by atoms with Crippen molar-refractivity contribution in [1.29, 1.82) is 0 Å². The SMILES string of the molecule is COc1cccc(Cn2c(-c3cccc(OC)c3)nc3ncc(-c4ccccc4)cc32)c1. The van der Waals surface area contributed by atoms with Crippen LogP contribution in [0.4, 0.5) is 0 Å². The molecule has 0 aliphatic heterocycles. The lowest BCUT2D eigenvalue weighted by Gasteiger charge is -2.12. The second-order valence-electron chi connectivity index (χ2n) is 7.54. The van der Waals surface area contributed by atoms with Gasteiger partial charge in [-0.2, -0.15) is 0 Å². The number of hydrogen-bond acceptors (Lipinski definition) is 4. The molecule has 3 aromatic carbocycles. The van der Waals surface area contributed by atoms with Crippen LogP contribution in [0.25, 0.3) is 33.7 Å². The van der Waals surface area contributed by atoms with Gasteiger partial charge in [0.05, 0.1) is 19.7 Å². The molecule has 2 aromatic heterocycles. The first-order valence-electron chi connectivity index (χ1n) is 10.4. The highest BCUT2D eigenvalue weighted by Gasteiger charge is 2.16. The summed E-state index contributed by atoms with van der Waals surface area (Å²) < 4.78 is 13.1. The molecule has 2 heterocycles. The molecule has 0 fully saturated rings. The number of rotatable bonds is 6. The number of hydrogen-bond donors (Lipinski definition) is 0. The molecule has 0 aliphatic rings. The van der Waals surface area contributed by atoms with Gasteiger partial charge in [-0.25, -0.2) is 9.97 Å².